The first kappa shape index (κ1) is 19.4. The highest BCUT2D eigenvalue weighted by molar-refractivity contribution is 7.07. The summed E-state index contributed by atoms with van der Waals surface area (Å²) in [4.78, 5) is 27.5. The van der Waals surface area contributed by atoms with Gasteiger partial charge in [0, 0.05) is 6.08 Å². The number of ketones is 1. The molecule has 0 spiro atoms. The van der Waals surface area contributed by atoms with Crippen LogP contribution in [0.4, 0.5) is 0 Å². The quantitative estimate of drug-likeness (QED) is 0.644. The van der Waals surface area contributed by atoms with Crippen LogP contribution in [0.1, 0.15) is 15.9 Å². The van der Waals surface area contributed by atoms with E-state index in [-0.39, 0.29) is 11.3 Å². The number of carbonyl (C=O) groups excluding carboxylic acids is 1. The Bertz CT molecular complexity index is 1180. The van der Waals surface area contributed by atoms with Gasteiger partial charge in [-0.2, -0.15) is 0 Å². The molecular weight excluding hydrogens is 378 g/mol. The van der Waals surface area contributed by atoms with E-state index in [9.17, 15) is 9.59 Å². The van der Waals surface area contributed by atoms with Gasteiger partial charge >= 0.3 is 0 Å². The number of para-hydroxylation sites is 1. The van der Waals surface area contributed by atoms with E-state index in [2.05, 4.69) is 4.98 Å². The van der Waals surface area contributed by atoms with E-state index in [1.54, 1.807) is 56.7 Å². The molecule has 0 amide bonds. The summed E-state index contributed by atoms with van der Waals surface area (Å²) in [6, 6.07) is 12.3. The molecule has 7 heteroatoms. The van der Waals surface area contributed by atoms with Crippen molar-refractivity contribution < 1.29 is 19.0 Å². The molecular formula is C21H19NO5S. The minimum absolute atomic E-state index is 0.243. The van der Waals surface area contributed by atoms with Gasteiger partial charge in [0.15, 0.2) is 17.3 Å². The summed E-state index contributed by atoms with van der Waals surface area (Å²) in [5, 5.41) is 0. The molecule has 0 saturated carbocycles. The lowest BCUT2D eigenvalue weighted by atomic mass is 10.1. The van der Waals surface area contributed by atoms with Gasteiger partial charge in [-0.25, -0.2) is 0 Å². The van der Waals surface area contributed by atoms with Gasteiger partial charge in [-0.3, -0.25) is 9.59 Å². The molecule has 0 fully saturated rings. The average molecular weight is 397 g/mol. The second-order valence-corrected chi connectivity index (χ2v) is 6.84. The molecule has 0 radical (unpaired) electrons. The molecule has 6 nitrogen and oxygen atoms in total. The Morgan fingerprint density at radius 3 is 2.39 bits per heavy atom. The number of carbonyl (C=O) groups is 1. The van der Waals surface area contributed by atoms with Crippen LogP contribution in [-0.4, -0.2) is 32.1 Å². The second-order valence-electron chi connectivity index (χ2n) is 5.75. The van der Waals surface area contributed by atoms with Crippen molar-refractivity contribution >= 4 is 29.3 Å². The molecule has 3 aromatic rings. The molecule has 0 aliphatic carbocycles. The molecule has 2 aromatic carbocycles. The number of ether oxygens (including phenoxy) is 3. The number of methoxy groups -OCH3 is 3. The van der Waals surface area contributed by atoms with Gasteiger partial charge < -0.3 is 19.2 Å². The van der Waals surface area contributed by atoms with Gasteiger partial charge in [-0.15, -0.1) is 11.3 Å². The summed E-state index contributed by atoms with van der Waals surface area (Å²) in [6.45, 7) is 0. The monoisotopic (exact) mass is 397 g/mol. The minimum atomic E-state index is -0.265. The van der Waals surface area contributed by atoms with Crippen molar-refractivity contribution in [1.82, 2.24) is 4.98 Å². The number of hydrogen-bond donors (Lipinski definition) is 1. The van der Waals surface area contributed by atoms with E-state index in [1.165, 1.54) is 24.5 Å². The highest BCUT2D eigenvalue weighted by Crippen LogP contribution is 2.27. The zero-order valence-corrected chi connectivity index (χ0v) is 16.5. The molecule has 0 unspecified atom stereocenters. The topological polar surface area (TPSA) is 77.6 Å². The Balaban J connectivity index is 1.99. The van der Waals surface area contributed by atoms with Crippen LogP contribution in [0.15, 0.2) is 47.3 Å². The van der Waals surface area contributed by atoms with Crippen LogP contribution in [-0.2, 0) is 0 Å². The van der Waals surface area contributed by atoms with Gasteiger partial charge in [0.1, 0.15) is 5.75 Å². The van der Waals surface area contributed by atoms with E-state index in [0.717, 1.165) is 5.56 Å². The summed E-state index contributed by atoms with van der Waals surface area (Å²) in [5.74, 6) is 1.42. The summed E-state index contributed by atoms with van der Waals surface area (Å²) in [6.07, 6.45) is 3.13. The second kappa shape index (κ2) is 8.58. The molecule has 1 heterocycles. The Morgan fingerprint density at radius 2 is 1.68 bits per heavy atom. The average Bonchev–Trinajstić information content (AvgIpc) is 3.06. The standard InChI is InChI=1S/C21H19NO5S/c1-25-16-7-5-4-6-14(16)15(23)12-20-22-21(24)19(28-20)11-13-8-9-17(26-2)18(10-13)27-3/h4-12H,1-3H3,(H,22,24)/b19-11-,20-12-. The number of thiazole rings is 1. The Morgan fingerprint density at radius 1 is 0.964 bits per heavy atom. The van der Waals surface area contributed by atoms with E-state index in [0.29, 0.717) is 32.0 Å². The Hall–Kier alpha value is -3.32. The summed E-state index contributed by atoms with van der Waals surface area (Å²) in [7, 11) is 4.62. The van der Waals surface area contributed by atoms with Gasteiger partial charge in [0.05, 0.1) is 36.1 Å². The van der Waals surface area contributed by atoms with Gasteiger partial charge in [-0.1, -0.05) is 18.2 Å². The molecule has 144 valence electrons. The van der Waals surface area contributed by atoms with Crippen molar-refractivity contribution in [2.24, 2.45) is 0 Å². The molecule has 0 aliphatic heterocycles. The SMILES string of the molecule is COc1ccc(/C=c2\s/c(=C\C(=O)c3ccccc3OC)[nH]c2=O)cc1OC. The lowest BCUT2D eigenvalue weighted by molar-refractivity contribution is 0.105. The van der Waals surface area contributed by atoms with Crippen LogP contribution >= 0.6 is 11.3 Å². The first-order chi connectivity index (χ1) is 13.5. The number of aromatic amines is 1. The highest BCUT2D eigenvalue weighted by atomic mass is 32.1. The number of hydrogen-bond acceptors (Lipinski definition) is 6. The first-order valence-corrected chi connectivity index (χ1v) is 9.19. The third kappa shape index (κ3) is 4.15. The predicted octanol–water partition coefficient (Wildman–Crippen LogP) is 1.95. The predicted molar refractivity (Wildman–Crippen MR) is 109 cm³/mol. The van der Waals surface area contributed by atoms with Crippen molar-refractivity contribution in [3.05, 3.63) is 73.1 Å². The molecule has 3 rings (SSSR count). The number of rotatable bonds is 6. The minimum Gasteiger partial charge on any atom is -0.496 e. The Labute approximate surface area is 165 Å². The third-order valence-corrected chi connectivity index (χ3v) is 4.98. The maximum atomic E-state index is 12.5. The number of H-pyrrole nitrogens is 1. The number of nitrogens with one attached hydrogen (secondary N) is 1. The zero-order valence-electron chi connectivity index (χ0n) is 15.6. The van der Waals surface area contributed by atoms with Crippen LogP contribution < -0.4 is 29.0 Å². The van der Waals surface area contributed by atoms with E-state index >= 15 is 0 Å². The van der Waals surface area contributed by atoms with Crippen molar-refractivity contribution in [3.63, 3.8) is 0 Å². The van der Waals surface area contributed by atoms with Gasteiger partial charge in [0.2, 0.25) is 0 Å². The fourth-order valence-corrected chi connectivity index (χ4v) is 3.55. The fraction of sp³-hybridized carbons (Fsp3) is 0.143. The fourth-order valence-electron chi connectivity index (χ4n) is 2.66. The molecule has 1 N–H and O–H groups in total. The maximum Gasteiger partial charge on any atom is 0.266 e. The summed E-state index contributed by atoms with van der Waals surface area (Å²) < 4.78 is 16.7. The molecule has 28 heavy (non-hydrogen) atoms. The number of Topliss-reactive ketones (excluding diaryl/α,β-unsaturated/α-hetero) is 1. The van der Waals surface area contributed by atoms with Gasteiger partial charge in [-0.05, 0) is 35.9 Å². The van der Waals surface area contributed by atoms with Crippen LogP contribution in [0.25, 0.3) is 12.2 Å². The van der Waals surface area contributed by atoms with Crippen LogP contribution in [0.2, 0.25) is 0 Å². The van der Waals surface area contributed by atoms with Crippen molar-refractivity contribution in [3.8, 4) is 17.2 Å². The highest BCUT2D eigenvalue weighted by Gasteiger charge is 2.09. The maximum absolute atomic E-state index is 12.5. The van der Waals surface area contributed by atoms with E-state index in [4.69, 9.17) is 14.2 Å². The third-order valence-electron chi connectivity index (χ3n) is 4.02. The Kier molecular flexibility index (Phi) is 5.96. The van der Waals surface area contributed by atoms with Crippen LogP contribution in [0.5, 0.6) is 17.2 Å². The largest absolute Gasteiger partial charge is 0.496 e. The smallest absolute Gasteiger partial charge is 0.266 e. The van der Waals surface area contributed by atoms with Crippen molar-refractivity contribution in [2.45, 2.75) is 0 Å². The van der Waals surface area contributed by atoms with Crippen LogP contribution in [0, 0.1) is 0 Å². The molecule has 0 atom stereocenters. The molecule has 0 bridgehead atoms. The summed E-state index contributed by atoms with van der Waals surface area (Å²) in [5.41, 5.74) is 0.955. The van der Waals surface area contributed by atoms with Gasteiger partial charge in [0.25, 0.3) is 5.56 Å². The van der Waals surface area contributed by atoms with Crippen molar-refractivity contribution in [1.29, 1.82) is 0 Å². The molecule has 0 aliphatic rings. The van der Waals surface area contributed by atoms with Crippen LogP contribution in [0.3, 0.4) is 0 Å². The van der Waals surface area contributed by atoms with Crippen molar-refractivity contribution in [2.75, 3.05) is 21.3 Å². The number of benzene rings is 2. The summed E-state index contributed by atoms with van der Waals surface area (Å²) >= 11 is 1.20. The zero-order chi connectivity index (χ0) is 20.1. The molecule has 1 aromatic heterocycles. The number of aromatic nitrogens is 1. The normalized spacial score (nSPS) is 12.1. The molecule has 0 saturated heterocycles. The lowest BCUT2D eigenvalue weighted by Gasteiger charge is -2.07. The van der Waals surface area contributed by atoms with E-state index < -0.39 is 0 Å². The first-order valence-electron chi connectivity index (χ1n) is 8.37. The van der Waals surface area contributed by atoms with E-state index in [1.807, 2.05) is 6.07 Å². The lowest BCUT2D eigenvalue weighted by Crippen LogP contribution is -2.20.